The predicted octanol–water partition coefficient (Wildman–Crippen LogP) is 7.50. The molecule has 0 aliphatic heterocycles. The summed E-state index contributed by atoms with van der Waals surface area (Å²) in [7, 11) is 0. The van der Waals surface area contributed by atoms with Crippen molar-refractivity contribution >= 4 is 32.1 Å². The van der Waals surface area contributed by atoms with Crippen molar-refractivity contribution in [3.8, 4) is 15.8 Å². The van der Waals surface area contributed by atoms with Crippen molar-refractivity contribution < 1.29 is 4.74 Å². The molecule has 146 valence electrons. The Kier molecular flexibility index (Phi) is 8.09. The van der Waals surface area contributed by atoms with Crippen molar-refractivity contribution in [3.63, 3.8) is 0 Å². The van der Waals surface area contributed by atoms with Crippen molar-refractivity contribution in [3.05, 3.63) is 30.1 Å². The number of aromatic nitrogens is 2. The molecule has 27 heavy (non-hydrogen) atoms. The molecule has 0 aliphatic rings. The van der Waals surface area contributed by atoms with Gasteiger partial charge in [-0.05, 0) is 24.5 Å². The van der Waals surface area contributed by atoms with Crippen molar-refractivity contribution in [2.45, 2.75) is 71.6 Å². The highest BCUT2D eigenvalue weighted by molar-refractivity contribution is 7.30. The molecule has 0 radical (unpaired) electrons. The maximum atomic E-state index is 5.96. The number of unbranched alkanes of at least 4 members (excludes halogenated alkanes) is 6. The van der Waals surface area contributed by atoms with Gasteiger partial charge in [0.05, 0.1) is 11.5 Å². The van der Waals surface area contributed by atoms with Crippen molar-refractivity contribution in [2.24, 2.45) is 0 Å². The summed E-state index contributed by atoms with van der Waals surface area (Å²) in [6.07, 6.45) is 15.3. The van der Waals surface area contributed by atoms with Crippen LogP contribution < -0.4 is 4.74 Å². The molecule has 0 bridgehead atoms. The SMILES string of the molecule is CCCCCCCCCOc1cc2sc(-c3ncc(CCC)cn3)cc2s1. The van der Waals surface area contributed by atoms with Crippen molar-refractivity contribution in [2.75, 3.05) is 6.61 Å². The zero-order valence-electron chi connectivity index (χ0n) is 16.5. The van der Waals surface area contributed by atoms with Gasteiger partial charge in [-0.25, -0.2) is 9.97 Å². The lowest BCUT2D eigenvalue weighted by molar-refractivity contribution is 0.313. The van der Waals surface area contributed by atoms with E-state index in [9.17, 15) is 0 Å². The number of aryl methyl sites for hydroxylation is 1. The average Bonchev–Trinajstić information content (AvgIpc) is 3.23. The van der Waals surface area contributed by atoms with E-state index in [0.717, 1.165) is 41.6 Å². The van der Waals surface area contributed by atoms with Gasteiger partial charge in [0.2, 0.25) is 0 Å². The first-order valence-electron chi connectivity index (χ1n) is 10.3. The molecule has 3 aromatic rings. The molecule has 0 N–H and O–H groups in total. The predicted molar refractivity (Wildman–Crippen MR) is 118 cm³/mol. The van der Waals surface area contributed by atoms with Crippen LogP contribution in [0.25, 0.3) is 20.1 Å². The zero-order chi connectivity index (χ0) is 18.9. The molecule has 0 atom stereocenters. The first-order chi connectivity index (χ1) is 13.3. The molecule has 3 heterocycles. The van der Waals surface area contributed by atoms with Crippen LogP contribution >= 0.6 is 22.7 Å². The Balaban J connectivity index is 1.47. The molecule has 3 rings (SSSR count). The second-order valence-corrected chi connectivity index (χ2v) is 9.17. The van der Waals surface area contributed by atoms with Crippen molar-refractivity contribution in [1.29, 1.82) is 0 Å². The minimum atomic E-state index is 0.828. The highest BCUT2D eigenvalue weighted by Gasteiger charge is 2.11. The minimum Gasteiger partial charge on any atom is -0.484 e. The third-order valence-corrected chi connectivity index (χ3v) is 6.84. The standard InChI is InChI=1S/C22H30N2OS2/c1-3-5-6-7-8-9-10-12-25-21-14-19-18(27-21)13-20(26-19)22-23-15-17(11-4-2)16-24-22/h13-16H,3-12H2,1-2H3. The summed E-state index contributed by atoms with van der Waals surface area (Å²) in [5, 5.41) is 1.04. The topological polar surface area (TPSA) is 35.0 Å². The molecule has 3 nitrogen and oxygen atoms in total. The van der Waals surface area contributed by atoms with Crippen LogP contribution in [-0.4, -0.2) is 16.6 Å². The number of thiophene rings is 2. The number of fused-ring (bicyclic) bond motifs is 1. The summed E-state index contributed by atoms with van der Waals surface area (Å²) in [5.74, 6) is 0.828. The van der Waals surface area contributed by atoms with E-state index in [0.29, 0.717) is 0 Å². The van der Waals surface area contributed by atoms with Crippen LogP contribution in [-0.2, 0) is 6.42 Å². The Labute approximate surface area is 170 Å². The normalized spacial score (nSPS) is 11.3. The van der Waals surface area contributed by atoms with Gasteiger partial charge in [0, 0.05) is 27.9 Å². The van der Waals surface area contributed by atoms with Gasteiger partial charge in [0.15, 0.2) is 10.9 Å². The van der Waals surface area contributed by atoms with Gasteiger partial charge >= 0.3 is 0 Å². The van der Waals surface area contributed by atoms with E-state index in [1.807, 2.05) is 12.4 Å². The molecular formula is C22H30N2OS2. The summed E-state index contributed by atoms with van der Waals surface area (Å²) in [5.41, 5.74) is 1.21. The number of hydrogen-bond acceptors (Lipinski definition) is 5. The van der Waals surface area contributed by atoms with E-state index in [2.05, 4.69) is 35.9 Å². The highest BCUT2D eigenvalue weighted by Crippen LogP contribution is 2.40. The Morgan fingerprint density at radius 1 is 0.815 bits per heavy atom. The monoisotopic (exact) mass is 402 g/mol. The van der Waals surface area contributed by atoms with E-state index >= 15 is 0 Å². The molecule has 0 saturated carbocycles. The fourth-order valence-corrected chi connectivity index (χ4v) is 5.33. The van der Waals surface area contributed by atoms with Crippen LogP contribution in [0.4, 0.5) is 0 Å². The fraction of sp³-hybridized carbons (Fsp3) is 0.545. The maximum absolute atomic E-state index is 5.96. The molecule has 0 unspecified atom stereocenters. The van der Waals surface area contributed by atoms with E-state index in [1.165, 1.54) is 53.5 Å². The molecule has 3 aromatic heterocycles. The summed E-state index contributed by atoms with van der Waals surface area (Å²) < 4.78 is 8.50. The minimum absolute atomic E-state index is 0.828. The molecular weight excluding hydrogens is 372 g/mol. The van der Waals surface area contributed by atoms with Gasteiger partial charge in [-0.1, -0.05) is 70.1 Å². The Morgan fingerprint density at radius 3 is 2.22 bits per heavy atom. The largest absolute Gasteiger partial charge is 0.484 e. The van der Waals surface area contributed by atoms with Gasteiger partial charge in [-0.2, -0.15) is 0 Å². The van der Waals surface area contributed by atoms with E-state index in [4.69, 9.17) is 4.74 Å². The Hall–Kier alpha value is -1.46. The lowest BCUT2D eigenvalue weighted by Crippen LogP contribution is -1.95. The molecule has 0 aromatic carbocycles. The number of nitrogens with zero attached hydrogens (tertiary/aromatic N) is 2. The molecule has 0 spiro atoms. The average molecular weight is 403 g/mol. The van der Waals surface area contributed by atoms with Crippen LogP contribution in [0.1, 0.15) is 70.8 Å². The second-order valence-electron chi connectivity index (χ2n) is 7.04. The molecule has 0 saturated heterocycles. The van der Waals surface area contributed by atoms with Gasteiger partial charge in [-0.15, -0.1) is 11.3 Å². The van der Waals surface area contributed by atoms with Gasteiger partial charge < -0.3 is 4.74 Å². The fourth-order valence-electron chi connectivity index (χ4n) is 3.13. The number of hydrogen-bond donors (Lipinski definition) is 0. The molecule has 0 aliphatic carbocycles. The first-order valence-corrected chi connectivity index (χ1v) is 11.9. The van der Waals surface area contributed by atoms with Crippen LogP contribution in [0.5, 0.6) is 5.06 Å². The van der Waals surface area contributed by atoms with Crippen LogP contribution in [0.2, 0.25) is 0 Å². The summed E-state index contributed by atoms with van der Waals surface area (Å²) in [4.78, 5) is 10.2. The summed E-state index contributed by atoms with van der Waals surface area (Å²) >= 11 is 3.48. The van der Waals surface area contributed by atoms with Crippen LogP contribution in [0, 0.1) is 0 Å². The third kappa shape index (κ3) is 6.01. The van der Waals surface area contributed by atoms with Crippen molar-refractivity contribution in [1.82, 2.24) is 9.97 Å². The lowest BCUT2D eigenvalue weighted by atomic mass is 10.1. The molecule has 5 heteroatoms. The Bertz CT molecular complexity index is 776. The summed E-state index contributed by atoms with van der Waals surface area (Å²) in [6, 6.07) is 4.36. The zero-order valence-corrected chi connectivity index (χ0v) is 18.1. The second kappa shape index (κ2) is 10.8. The lowest BCUT2D eigenvalue weighted by Gasteiger charge is -2.03. The van der Waals surface area contributed by atoms with E-state index < -0.39 is 0 Å². The van der Waals surface area contributed by atoms with Gasteiger partial charge in [-0.3, -0.25) is 0 Å². The summed E-state index contributed by atoms with van der Waals surface area (Å²) in [6.45, 7) is 5.27. The van der Waals surface area contributed by atoms with Gasteiger partial charge in [0.25, 0.3) is 0 Å². The number of rotatable bonds is 12. The van der Waals surface area contributed by atoms with Crippen LogP contribution in [0.3, 0.4) is 0 Å². The smallest absolute Gasteiger partial charge is 0.175 e. The number of ether oxygens (including phenoxy) is 1. The van der Waals surface area contributed by atoms with E-state index in [1.54, 1.807) is 22.7 Å². The van der Waals surface area contributed by atoms with Gasteiger partial charge in [0.1, 0.15) is 0 Å². The molecule has 0 fully saturated rings. The van der Waals surface area contributed by atoms with Crippen LogP contribution in [0.15, 0.2) is 24.5 Å². The Morgan fingerprint density at radius 2 is 1.52 bits per heavy atom. The highest BCUT2D eigenvalue weighted by atomic mass is 32.1. The molecule has 0 amide bonds. The first kappa shape index (κ1) is 20.3. The van der Waals surface area contributed by atoms with E-state index in [-0.39, 0.29) is 0 Å². The quantitative estimate of drug-likeness (QED) is 0.294. The maximum Gasteiger partial charge on any atom is 0.175 e. The third-order valence-electron chi connectivity index (χ3n) is 4.64.